The Morgan fingerprint density at radius 1 is 1.28 bits per heavy atom. The number of nitrogens with zero attached hydrogens (tertiary/aromatic N) is 1. The minimum absolute atomic E-state index is 0.606. The van der Waals surface area contributed by atoms with Crippen molar-refractivity contribution in [2.75, 3.05) is 18.1 Å². The Labute approximate surface area is 123 Å². The predicted octanol–water partition coefficient (Wildman–Crippen LogP) is 3.72. The summed E-state index contributed by atoms with van der Waals surface area (Å²) in [7, 11) is 0. The van der Waals surface area contributed by atoms with E-state index < -0.39 is 0 Å². The van der Waals surface area contributed by atoms with E-state index in [9.17, 15) is 0 Å². The van der Waals surface area contributed by atoms with Gasteiger partial charge in [0.1, 0.15) is 5.01 Å². The zero-order chi connectivity index (χ0) is 13.0. The molecule has 18 heavy (non-hydrogen) atoms. The molecule has 0 spiro atoms. The number of rotatable bonds is 5. The van der Waals surface area contributed by atoms with Crippen LogP contribution < -0.4 is 5.32 Å². The maximum absolute atomic E-state index is 4.90. The van der Waals surface area contributed by atoms with Crippen LogP contribution in [0.2, 0.25) is 0 Å². The Bertz CT molecular complexity index is 378. The molecule has 102 valence electrons. The Kier molecular flexibility index (Phi) is 5.86. The summed E-state index contributed by atoms with van der Waals surface area (Å²) < 4.78 is 0. The Morgan fingerprint density at radius 3 is 2.72 bits per heavy atom. The van der Waals surface area contributed by atoms with Gasteiger partial charge in [-0.15, -0.1) is 23.1 Å². The second-order valence-electron chi connectivity index (χ2n) is 4.42. The average Bonchev–Trinajstić information content (AvgIpc) is 2.80. The van der Waals surface area contributed by atoms with Crippen LogP contribution in [0.4, 0.5) is 0 Å². The molecule has 0 aromatic carbocycles. The molecule has 0 radical (unpaired) electrons. The Hall–Kier alpha value is 0.290. The highest BCUT2D eigenvalue weighted by atomic mass is 32.2. The third kappa shape index (κ3) is 3.44. The molecule has 2 nitrogen and oxygen atoms in total. The van der Waals surface area contributed by atoms with Crippen molar-refractivity contribution in [1.82, 2.24) is 10.3 Å². The summed E-state index contributed by atoms with van der Waals surface area (Å²) in [6.07, 6.45) is 1.05. The first-order valence-electron chi connectivity index (χ1n) is 6.68. The van der Waals surface area contributed by atoms with Gasteiger partial charge in [-0.2, -0.15) is 11.8 Å². The molecule has 1 aromatic heterocycles. The molecule has 1 fully saturated rings. The molecule has 1 aliphatic heterocycles. The minimum Gasteiger partial charge on any atom is -0.312 e. The van der Waals surface area contributed by atoms with Crippen LogP contribution in [0, 0.1) is 0 Å². The minimum atomic E-state index is 0.606. The SMILES string of the molecule is CCNCc1sc(C2SCCSC2C)nc1CC. The maximum atomic E-state index is 4.90. The molecular formula is C13H22N2S3. The van der Waals surface area contributed by atoms with Crippen molar-refractivity contribution in [3.63, 3.8) is 0 Å². The first kappa shape index (κ1) is 14.7. The number of thiazole rings is 1. The van der Waals surface area contributed by atoms with Crippen molar-refractivity contribution in [2.45, 2.75) is 44.2 Å². The molecule has 5 heteroatoms. The summed E-state index contributed by atoms with van der Waals surface area (Å²) >= 11 is 6.11. The Morgan fingerprint density at radius 2 is 2.06 bits per heavy atom. The lowest BCUT2D eigenvalue weighted by molar-refractivity contribution is 0.727. The van der Waals surface area contributed by atoms with Crippen LogP contribution >= 0.6 is 34.9 Å². The lowest BCUT2D eigenvalue weighted by Gasteiger charge is -2.25. The van der Waals surface area contributed by atoms with Gasteiger partial charge in [-0.1, -0.05) is 20.8 Å². The fourth-order valence-corrected chi connectivity index (χ4v) is 6.36. The van der Waals surface area contributed by atoms with Crippen LogP contribution in [0.3, 0.4) is 0 Å². The topological polar surface area (TPSA) is 24.9 Å². The molecule has 1 aromatic rings. The van der Waals surface area contributed by atoms with Crippen molar-refractivity contribution in [1.29, 1.82) is 0 Å². The van der Waals surface area contributed by atoms with E-state index in [2.05, 4.69) is 49.6 Å². The highest BCUT2D eigenvalue weighted by Gasteiger charge is 2.27. The van der Waals surface area contributed by atoms with Gasteiger partial charge in [0.25, 0.3) is 0 Å². The van der Waals surface area contributed by atoms with Gasteiger partial charge >= 0.3 is 0 Å². The van der Waals surface area contributed by atoms with Crippen LogP contribution in [0.25, 0.3) is 0 Å². The number of hydrogen-bond acceptors (Lipinski definition) is 5. The molecule has 2 atom stereocenters. The van der Waals surface area contributed by atoms with E-state index in [1.165, 1.54) is 27.1 Å². The van der Waals surface area contributed by atoms with Crippen LogP contribution in [-0.2, 0) is 13.0 Å². The average molecular weight is 303 g/mol. The standard InChI is InChI=1S/C13H22N2S3/c1-4-10-11(8-14-5-2)18-13(15-10)12-9(3)16-6-7-17-12/h9,12,14H,4-8H2,1-3H3. The smallest absolute Gasteiger partial charge is 0.107 e. The second-order valence-corrected chi connectivity index (χ2v) is 8.27. The lowest BCUT2D eigenvalue weighted by Crippen LogP contribution is -2.15. The zero-order valence-corrected chi connectivity index (χ0v) is 13.8. The molecular weight excluding hydrogens is 280 g/mol. The van der Waals surface area contributed by atoms with Gasteiger partial charge in [-0.05, 0) is 13.0 Å². The van der Waals surface area contributed by atoms with E-state index in [1.807, 2.05) is 11.3 Å². The normalized spacial score (nSPS) is 24.4. The quantitative estimate of drug-likeness (QED) is 0.896. The van der Waals surface area contributed by atoms with Gasteiger partial charge in [0, 0.05) is 28.2 Å². The fourth-order valence-electron chi connectivity index (χ4n) is 2.08. The summed E-state index contributed by atoms with van der Waals surface area (Å²) in [6, 6.07) is 0. The molecule has 1 aliphatic rings. The summed E-state index contributed by atoms with van der Waals surface area (Å²) in [6.45, 7) is 8.72. The van der Waals surface area contributed by atoms with Crippen LogP contribution in [0.1, 0.15) is 41.6 Å². The van der Waals surface area contributed by atoms with E-state index in [0.717, 1.165) is 19.5 Å². The van der Waals surface area contributed by atoms with Crippen LogP contribution in [0.5, 0.6) is 0 Å². The van der Waals surface area contributed by atoms with Gasteiger partial charge in [-0.3, -0.25) is 0 Å². The van der Waals surface area contributed by atoms with Crippen molar-refractivity contribution in [3.8, 4) is 0 Å². The predicted molar refractivity (Wildman–Crippen MR) is 86.0 cm³/mol. The van der Waals surface area contributed by atoms with Crippen LogP contribution in [-0.4, -0.2) is 28.3 Å². The van der Waals surface area contributed by atoms with Crippen LogP contribution in [0.15, 0.2) is 0 Å². The van der Waals surface area contributed by atoms with Gasteiger partial charge in [-0.25, -0.2) is 4.98 Å². The third-order valence-electron chi connectivity index (χ3n) is 3.10. The number of aromatic nitrogens is 1. The molecule has 2 unspecified atom stereocenters. The number of nitrogens with one attached hydrogen (secondary N) is 1. The van der Waals surface area contributed by atoms with Crippen molar-refractivity contribution in [3.05, 3.63) is 15.6 Å². The number of thioether (sulfide) groups is 2. The van der Waals surface area contributed by atoms with Gasteiger partial charge in [0.2, 0.25) is 0 Å². The molecule has 2 heterocycles. The zero-order valence-electron chi connectivity index (χ0n) is 11.4. The molecule has 1 N–H and O–H groups in total. The molecule has 0 saturated carbocycles. The largest absolute Gasteiger partial charge is 0.312 e. The van der Waals surface area contributed by atoms with E-state index in [1.54, 1.807) is 0 Å². The molecule has 0 bridgehead atoms. The summed E-state index contributed by atoms with van der Waals surface area (Å²) in [4.78, 5) is 6.34. The van der Waals surface area contributed by atoms with E-state index in [-0.39, 0.29) is 0 Å². The Balaban J connectivity index is 2.14. The van der Waals surface area contributed by atoms with E-state index >= 15 is 0 Å². The highest BCUT2D eigenvalue weighted by molar-refractivity contribution is 8.06. The molecule has 0 amide bonds. The summed E-state index contributed by atoms with van der Waals surface area (Å²) in [5.41, 5.74) is 1.30. The van der Waals surface area contributed by atoms with Gasteiger partial charge < -0.3 is 5.32 Å². The first-order chi connectivity index (χ1) is 8.76. The van der Waals surface area contributed by atoms with Crippen molar-refractivity contribution in [2.24, 2.45) is 0 Å². The van der Waals surface area contributed by atoms with Gasteiger partial charge in [0.05, 0.1) is 10.9 Å². The van der Waals surface area contributed by atoms with Crippen molar-refractivity contribution >= 4 is 34.9 Å². The fraction of sp³-hybridized carbons (Fsp3) is 0.769. The molecule has 1 saturated heterocycles. The number of hydrogen-bond donors (Lipinski definition) is 1. The summed E-state index contributed by atoms with van der Waals surface area (Å²) in [5.74, 6) is 2.56. The van der Waals surface area contributed by atoms with E-state index in [4.69, 9.17) is 4.98 Å². The summed E-state index contributed by atoms with van der Waals surface area (Å²) in [5, 5.41) is 6.08. The number of aryl methyl sites for hydroxylation is 1. The highest BCUT2D eigenvalue weighted by Crippen LogP contribution is 2.44. The lowest BCUT2D eigenvalue weighted by atomic mass is 10.3. The van der Waals surface area contributed by atoms with Crippen molar-refractivity contribution < 1.29 is 0 Å². The third-order valence-corrected chi connectivity index (χ3v) is 7.53. The monoisotopic (exact) mass is 302 g/mol. The first-order valence-corrected chi connectivity index (χ1v) is 9.60. The second kappa shape index (κ2) is 7.17. The van der Waals surface area contributed by atoms with Gasteiger partial charge in [0.15, 0.2) is 0 Å². The van der Waals surface area contributed by atoms with E-state index in [0.29, 0.717) is 10.5 Å². The maximum Gasteiger partial charge on any atom is 0.107 e. The molecule has 0 aliphatic carbocycles. The molecule has 2 rings (SSSR count).